The minimum Gasteiger partial charge on any atom is -0.383 e. The first kappa shape index (κ1) is 22.7. The summed E-state index contributed by atoms with van der Waals surface area (Å²) in [5, 5.41) is 0. The van der Waals surface area contributed by atoms with E-state index in [1.165, 1.54) is 15.5 Å². The first-order valence-electron chi connectivity index (χ1n) is 10.8. The molecule has 0 bridgehead atoms. The number of nitrogens with zero attached hydrogens (tertiary/aromatic N) is 3. The second kappa shape index (κ2) is 9.91. The lowest BCUT2D eigenvalue weighted by Crippen LogP contribution is -2.50. The molecule has 31 heavy (non-hydrogen) atoms. The van der Waals surface area contributed by atoms with Gasteiger partial charge < -0.3 is 10.6 Å². The van der Waals surface area contributed by atoms with Crippen molar-refractivity contribution in [2.45, 2.75) is 52.1 Å². The number of anilines is 2. The summed E-state index contributed by atoms with van der Waals surface area (Å²) >= 11 is 0. The molecular formula is C22H30FN5O3. The highest BCUT2D eigenvalue weighted by molar-refractivity contribution is 5.96. The van der Waals surface area contributed by atoms with Gasteiger partial charge in [-0.05, 0) is 25.3 Å². The summed E-state index contributed by atoms with van der Waals surface area (Å²) in [6.45, 7) is 5.22. The van der Waals surface area contributed by atoms with Crippen molar-refractivity contribution in [2.75, 3.05) is 30.3 Å². The van der Waals surface area contributed by atoms with E-state index in [1.54, 1.807) is 18.2 Å². The lowest BCUT2D eigenvalue weighted by molar-refractivity contribution is -0.121. The zero-order valence-electron chi connectivity index (χ0n) is 18.1. The average molecular weight is 432 g/mol. The molecule has 1 saturated heterocycles. The predicted molar refractivity (Wildman–Crippen MR) is 119 cm³/mol. The zero-order chi connectivity index (χ0) is 22.5. The molecule has 1 fully saturated rings. The fraction of sp³-hybridized carbons (Fsp3) is 0.500. The molecule has 2 heterocycles. The van der Waals surface area contributed by atoms with Crippen molar-refractivity contribution >= 4 is 17.4 Å². The molecule has 1 atom stereocenters. The minimum absolute atomic E-state index is 0.00526. The summed E-state index contributed by atoms with van der Waals surface area (Å²) < 4.78 is 15.5. The monoisotopic (exact) mass is 431 g/mol. The first-order valence-corrected chi connectivity index (χ1v) is 10.8. The van der Waals surface area contributed by atoms with Crippen molar-refractivity contribution in [2.24, 2.45) is 0 Å². The number of carbonyl (C=O) groups excluding carboxylic acids is 1. The fourth-order valence-corrected chi connectivity index (χ4v) is 3.95. The topological polar surface area (TPSA) is 104 Å². The maximum absolute atomic E-state index is 14.2. The molecule has 0 aliphatic carbocycles. The van der Waals surface area contributed by atoms with Crippen LogP contribution in [0.3, 0.4) is 0 Å². The molecule has 0 unspecified atom stereocenters. The van der Waals surface area contributed by atoms with Gasteiger partial charge >= 0.3 is 5.69 Å². The Morgan fingerprint density at radius 1 is 1.26 bits per heavy atom. The number of hydrogen-bond donors (Lipinski definition) is 2. The smallest absolute Gasteiger partial charge is 0.330 e. The molecule has 2 aromatic rings. The highest BCUT2D eigenvalue weighted by atomic mass is 19.1. The summed E-state index contributed by atoms with van der Waals surface area (Å²) in [6, 6.07) is 6.39. The van der Waals surface area contributed by atoms with Gasteiger partial charge in [-0.15, -0.1) is 0 Å². The third-order valence-corrected chi connectivity index (χ3v) is 5.70. The van der Waals surface area contributed by atoms with Crippen LogP contribution >= 0.6 is 0 Å². The molecule has 0 radical (unpaired) electrons. The van der Waals surface area contributed by atoms with Crippen LogP contribution < -0.4 is 21.9 Å². The second-order valence-electron chi connectivity index (χ2n) is 7.84. The van der Waals surface area contributed by atoms with E-state index >= 15 is 0 Å². The third kappa shape index (κ3) is 4.71. The molecule has 1 aromatic carbocycles. The maximum atomic E-state index is 14.2. The summed E-state index contributed by atoms with van der Waals surface area (Å²) in [5.41, 5.74) is 5.50. The van der Waals surface area contributed by atoms with E-state index in [9.17, 15) is 18.8 Å². The van der Waals surface area contributed by atoms with E-state index in [0.29, 0.717) is 38.0 Å². The lowest BCUT2D eigenvalue weighted by Gasteiger charge is -2.41. The highest BCUT2D eigenvalue weighted by Crippen LogP contribution is 2.34. The molecule has 9 heteroatoms. The number of carbonyl (C=O) groups is 1. The number of benzene rings is 1. The number of halogens is 1. The molecule has 1 aliphatic rings. The van der Waals surface area contributed by atoms with Gasteiger partial charge in [-0.3, -0.25) is 24.0 Å². The summed E-state index contributed by atoms with van der Waals surface area (Å²) in [7, 11) is 0. The number of hydrogen-bond acceptors (Lipinski definition) is 5. The quantitative estimate of drug-likeness (QED) is 0.634. The Kier molecular flexibility index (Phi) is 7.27. The first-order chi connectivity index (χ1) is 14.9. The van der Waals surface area contributed by atoms with Gasteiger partial charge in [-0.1, -0.05) is 38.5 Å². The van der Waals surface area contributed by atoms with Crippen molar-refractivity contribution in [1.82, 2.24) is 14.5 Å². The van der Waals surface area contributed by atoms with Crippen LogP contribution in [-0.4, -0.2) is 40.0 Å². The number of nitrogens with one attached hydrogen (secondary N) is 1. The van der Waals surface area contributed by atoms with Crippen molar-refractivity contribution in [1.29, 1.82) is 0 Å². The normalized spacial score (nSPS) is 16.2. The fourth-order valence-electron chi connectivity index (χ4n) is 3.95. The van der Waals surface area contributed by atoms with Crippen LogP contribution in [0.1, 0.15) is 51.1 Å². The van der Waals surface area contributed by atoms with Gasteiger partial charge in [0.1, 0.15) is 11.6 Å². The molecule has 1 aromatic heterocycles. The predicted octanol–water partition coefficient (Wildman–Crippen LogP) is 2.25. The van der Waals surface area contributed by atoms with Crippen LogP contribution in [0.5, 0.6) is 0 Å². The van der Waals surface area contributed by atoms with Gasteiger partial charge in [-0.2, -0.15) is 0 Å². The number of aromatic nitrogens is 2. The van der Waals surface area contributed by atoms with Crippen LogP contribution in [0.2, 0.25) is 0 Å². The van der Waals surface area contributed by atoms with Gasteiger partial charge in [0.05, 0.1) is 6.54 Å². The van der Waals surface area contributed by atoms with E-state index in [1.807, 2.05) is 18.7 Å². The third-order valence-electron chi connectivity index (χ3n) is 5.70. The van der Waals surface area contributed by atoms with Crippen LogP contribution in [0.15, 0.2) is 33.9 Å². The van der Waals surface area contributed by atoms with E-state index in [-0.39, 0.29) is 35.8 Å². The number of nitrogens with two attached hydrogens (primary N) is 1. The van der Waals surface area contributed by atoms with Crippen LogP contribution in [-0.2, 0) is 11.3 Å². The Hall–Kier alpha value is -2.94. The average Bonchev–Trinajstić information content (AvgIpc) is 2.72. The van der Waals surface area contributed by atoms with E-state index in [2.05, 4.69) is 4.98 Å². The molecule has 1 amide bonds. The molecule has 0 spiro atoms. The molecule has 168 valence electrons. The molecule has 8 nitrogen and oxygen atoms in total. The highest BCUT2D eigenvalue weighted by Gasteiger charge is 2.34. The largest absolute Gasteiger partial charge is 0.383 e. The van der Waals surface area contributed by atoms with Crippen molar-refractivity contribution in [3.05, 3.63) is 56.5 Å². The molecule has 3 rings (SSSR count). The SMILES string of the molecule is CCCCN(C(=O)CN1CC[C@@H]1c1ccccc1F)c1c(N)n(CCC)c(=O)[nH]c1=O. The maximum Gasteiger partial charge on any atom is 0.330 e. The Balaban J connectivity index is 1.89. The van der Waals surface area contributed by atoms with Crippen LogP contribution in [0.25, 0.3) is 0 Å². The Morgan fingerprint density at radius 3 is 2.61 bits per heavy atom. The Bertz CT molecular complexity index is 1050. The van der Waals surface area contributed by atoms with E-state index in [0.717, 1.165) is 12.8 Å². The number of nitrogen functional groups attached to an aromatic ring is 1. The number of H-pyrrole nitrogens is 1. The van der Waals surface area contributed by atoms with E-state index < -0.39 is 11.2 Å². The lowest BCUT2D eigenvalue weighted by atomic mass is 9.94. The van der Waals surface area contributed by atoms with Crippen molar-refractivity contribution in [3.63, 3.8) is 0 Å². The summed E-state index contributed by atoms with van der Waals surface area (Å²) in [4.78, 5) is 43.6. The standard InChI is InChI=1S/C22H30FN5O3/c1-3-5-12-27(19-20(24)28(11-4-2)22(31)25-21(19)30)18(29)14-26-13-10-17(26)15-8-6-7-9-16(15)23/h6-9,17H,3-5,10-14,24H2,1-2H3,(H,25,30,31)/t17-/m1/s1. The van der Waals surface area contributed by atoms with Gasteiger partial charge in [0.2, 0.25) is 5.91 Å². The van der Waals surface area contributed by atoms with Gasteiger partial charge in [-0.25, -0.2) is 9.18 Å². The summed E-state index contributed by atoms with van der Waals surface area (Å²) in [6.07, 6.45) is 2.90. The zero-order valence-corrected chi connectivity index (χ0v) is 18.1. The van der Waals surface area contributed by atoms with Gasteiger partial charge in [0.15, 0.2) is 5.69 Å². The molecule has 3 N–H and O–H groups in total. The number of aromatic amines is 1. The van der Waals surface area contributed by atoms with Crippen LogP contribution in [0, 0.1) is 5.82 Å². The molecular weight excluding hydrogens is 401 g/mol. The Morgan fingerprint density at radius 2 is 2.00 bits per heavy atom. The molecule has 1 aliphatic heterocycles. The minimum atomic E-state index is -0.673. The number of amides is 1. The van der Waals surface area contributed by atoms with Crippen molar-refractivity contribution in [3.8, 4) is 0 Å². The second-order valence-corrected chi connectivity index (χ2v) is 7.84. The van der Waals surface area contributed by atoms with Crippen molar-refractivity contribution < 1.29 is 9.18 Å². The van der Waals surface area contributed by atoms with Crippen LogP contribution in [0.4, 0.5) is 15.9 Å². The number of rotatable bonds is 9. The number of unbranched alkanes of at least 4 members (excludes halogenated alkanes) is 1. The Labute approximate surface area is 180 Å². The van der Waals surface area contributed by atoms with Gasteiger partial charge in [0.25, 0.3) is 5.56 Å². The van der Waals surface area contributed by atoms with Gasteiger partial charge in [0, 0.05) is 31.2 Å². The number of likely N-dealkylation sites (tertiary alicyclic amines) is 1. The molecule has 0 saturated carbocycles. The summed E-state index contributed by atoms with van der Waals surface area (Å²) in [5.74, 6) is -0.595. The van der Waals surface area contributed by atoms with E-state index in [4.69, 9.17) is 5.73 Å².